The Hall–Kier alpha value is -2.89. The monoisotopic (exact) mass is 345 g/mol. The number of nitrogens with one attached hydrogen (secondary N) is 1. The second-order valence-corrected chi connectivity index (χ2v) is 5.51. The van der Waals surface area contributed by atoms with Gasteiger partial charge in [0.05, 0.1) is 17.9 Å². The summed E-state index contributed by atoms with van der Waals surface area (Å²) in [6, 6.07) is 10.8. The van der Waals surface area contributed by atoms with E-state index in [1.54, 1.807) is 24.3 Å². The number of carbonyl (C=O) groups is 2. The molecule has 0 aromatic heterocycles. The Morgan fingerprint density at radius 3 is 2.64 bits per heavy atom. The molecule has 0 aliphatic carbocycles. The fraction of sp³-hybridized carbons (Fsp3) is 0.263. The molecule has 2 aromatic rings. The highest BCUT2D eigenvalue weighted by Crippen LogP contribution is 2.27. The molecule has 0 radical (unpaired) electrons. The second kappa shape index (κ2) is 8.82. The standard InChI is InChI=1S/C19H20FNO4/c1-2-11-25-17-9-7-13(8-10-18(22)23)12-16(17)21-19(24)14-5-3-4-6-15(14)20/h3-7,9,12H,2,8,10-11H2,1H3,(H,21,24)(H,22,23). The molecule has 2 aromatic carbocycles. The predicted molar refractivity (Wildman–Crippen MR) is 92.5 cm³/mol. The third-order valence-corrected chi connectivity index (χ3v) is 3.50. The highest BCUT2D eigenvalue weighted by Gasteiger charge is 2.14. The van der Waals surface area contributed by atoms with Crippen molar-refractivity contribution in [3.8, 4) is 5.75 Å². The van der Waals surface area contributed by atoms with E-state index in [4.69, 9.17) is 9.84 Å². The quantitative estimate of drug-likeness (QED) is 0.761. The summed E-state index contributed by atoms with van der Waals surface area (Å²) in [6.07, 6.45) is 1.10. The number of rotatable bonds is 8. The van der Waals surface area contributed by atoms with Crippen molar-refractivity contribution in [2.24, 2.45) is 0 Å². The molecule has 0 bridgehead atoms. The number of aryl methyl sites for hydroxylation is 1. The maximum atomic E-state index is 13.8. The molecule has 2 N–H and O–H groups in total. The predicted octanol–water partition coefficient (Wildman–Crippen LogP) is 3.88. The van der Waals surface area contributed by atoms with Gasteiger partial charge in [0.2, 0.25) is 0 Å². The molecule has 0 saturated carbocycles. The molecule has 25 heavy (non-hydrogen) atoms. The van der Waals surface area contributed by atoms with Crippen LogP contribution in [-0.2, 0) is 11.2 Å². The number of aliphatic carboxylic acids is 1. The van der Waals surface area contributed by atoms with Crippen molar-refractivity contribution in [3.05, 3.63) is 59.4 Å². The van der Waals surface area contributed by atoms with E-state index in [1.165, 1.54) is 18.2 Å². The van der Waals surface area contributed by atoms with Gasteiger partial charge in [0.25, 0.3) is 5.91 Å². The van der Waals surface area contributed by atoms with Crippen LogP contribution in [0.5, 0.6) is 5.75 Å². The highest BCUT2D eigenvalue weighted by atomic mass is 19.1. The van der Waals surface area contributed by atoms with Gasteiger partial charge in [-0.1, -0.05) is 25.1 Å². The summed E-state index contributed by atoms with van der Waals surface area (Å²) in [6.45, 7) is 2.43. The summed E-state index contributed by atoms with van der Waals surface area (Å²) in [5.41, 5.74) is 1.07. The number of benzene rings is 2. The summed E-state index contributed by atoms with van der Waals surface area (Å²) in [4.78, 5) is 23.1. The minimum atomic E-state index is -0.900. The van der Waals surface area contributed by atoms with Gasteiger partial charge >= 0.3 is 5.97 Å². The van der Waals surface area contributed by atoms with Gasteiger partial charge in [-0.3, -0.25) is 9.59 Å². The molecule has 0 atom stereocenters. The lowest BCUT2D eigenvalue weighted by Gasteiger charge is -2.14. The number of amides is 1. The third kappa shape index (κ3) is 5.31. The molecule has 0 unspecified atom stereocenters. The molecule has 0 aliphatic heterocycles. The number of carboxylic acid groups (broad SMARTS) is 1. The van der Waals surface area contributed by atoms with E-state index in [0.717, 1.165) is 12.0 Å². The van der Waals surface area contributed by atoms with Crippen LogP contribution in [0.25, 0.3) is 0 Å². The lowest BCUT2D eigenvalue weighted by atomic mass is 10.1. The van der Waals surface area contributed by atoms with Gasteiger partial charge in [-0.05, 0) is 42.7 Å². The minimum Gasteiger partial charge on any atom is -0.491 e. The minimum absolute atomic E-state index is 0.0180. The molecule has 1 amide bonds. The lowest BCUT2D eigenvalue weighted by Crippen LogP contribution is -2.15. The van der Waals surface area contributed by atoms with Gasteiger partial charge in [-0.25, -0.2) is 4.39 Å². The summed E-state index contributed by atoms with van der Waals surface area (Å²) >= 11 is 0. The van der Waals surface area contributed by atoms with Crippen molar-refractivity contribution in [3.63, 3.8) is 0 Å². The van der Waals surface area contributed by atoms with Crippen LogP contribution >= 0.6 is 0 Å². The Balaban J connectivity index is 2.25. The number of hydrogen-bond acceptors (Lipinski definition) is 3. The third-order valence-electron chi connectivity index (χ3n) is 3.50. The molecule has 0 aliphatic rings. The number of halogens is 1. The van der Waals surface area contributed by atoms with Gasteiger partial charge in [0, 0.05) is 6.42 Å². The SMILES string of the molecule is CCCOc1ccc(CCC(=O)O)cc1NC(=O)c1ccccc1F. The van der Waals surface area contributed by atoms with Gasteiger partial charge in [0.1, 0.15) is 11.6 Å². The first-order valence-electron chi connectivity index (χ1n) is 8.04. The first-order chi connectivity index (χ1) is 12.0. The van der Waals surface area contributed by atoms with Crippen molar-refractivity contribution in [2.45, 2.75) is 26.2 Å². The molecule has 6 heteroatoms. The highest BCUT2D eigenvalue weighted by molar-refractivity contribution is 6.05. The van der Waals surface area contributed by atoms with Crippen LogP contribution < -0.4 is 10.1 Å². The van der Waals surface area contributed by atoms with Crippen molar-refractivity contribution in [2.75, 3.05) is 11.9 Å². The van der Waals surface area contributed by atoms with Crippen LogP contribution in [-0.4, -0.2) is 23.6 Å². The number of hydrogen-bond donors (Lipinski definition) is 2. The smallest absolute Gasteiger partial charge is 0.303 e. The molecular formula is C19H20FNO4. The Morgan fingerprint density at radius 2 is 1.96 bits per heavy atom. The summed E-state index contributed by atoms with van der Waals surface area (Å²) < 4.78 is 19.4. The molecule has 5 nitrogen and oxygen atoms in total. The Bertz CT molecular complexity index is 761. The van der Waals surface area contributed by atoms with Crippen molar-refractivity contribution in [1.82, 2.24) is 0 Å². The maximum absolute atomic E-state index is 13.8. The molecular weight excluding hydrogens is 325 g/mol. The van der Waals surface area contributed by atoms with Crippen molar-refractivity contribution in [1.29, 1.82) is 0 Å². The van der Waals surface area contributed by atoms with Crippen LogP contribution in [0.15, 0.2) is 42.5 Å². The maximum Gasteiger partial charge on any atom is 0.303 e. The fourth-order valence-electron chi connectivity index (χ4n) is 2.25. The molecule has 2 rings (SSSR count). The van der Waals surface area contributed by atoms with Crippen LogP contribution in [0, 0.1) is 5.82 Å². The summed E-state index contributed by atoms with van der Waals surface area (Å²) in [5, 5.41) is 11.5. The average molecular weight is 345 g/mol. The van der Waals surface area contributed by atoms with Gasteiger partial charge in [0.15, 0.2) is 0 Å². The summed E-state index contributed by atoms with van der Waals surface area (Å²) in [5.74, 6) is -1.64. The van der Waals surface area contributed by atoms with Crippen LogP contribution in [0.1, 0.15) is 35.7 Å². The second-order valence-electron chi connectivity index (χ2n) is 5.51. The van der Waals surface area contributed by atoms with E-state index in [1.807, 2.05) is 6.92 Å². The van der Waals surface area contributed by atoms with Gasteiger partial charge in [-0.2, -0.15) is 0 Å². The van der Waals surface area contributed by atoms with Crippen LogP contribution in [0.2, 0.25) is 0 Å². The van der Waals surface area contributed by atoms with Gasteiger partial charge < -0.3 is 15.2 Å². The Kier molecular flexibility index (Phi) is 6.51. The molecule has 0 fully saturated rings. The van der Waals surface area contributed by atoms with Crippen molar-refractivity contribution < 1.29 is 23.8 Å². The lowest BCUT2D eigenvalue weighted by molar-refractivity contribution is -0.136. The fourth-order valence-corrected chi connectivity index (χ4v) is 2.25. The van der Waals surface area contributed by atoms with Crippen molar-refractivity contribution >= 4 is 17.6 Å². The first-order valence-corrected chi connectivity index (χ1v) is 8.04. The van der Waals surface area contributed by atoms with E-state index in [2.05, 4.69) is 5.32 Å². The zero-order valence-electron chi connectivity index (χ0n) is 13.9. The number of ether oxygens (including phenoxy) is 1. The van der Waals surface area contributed by atoms with E-state index in [0.29, 0.717) is 24.5 Å². The van der Waals surface area contributed by atoms with Gasteiger partial charge in [-0.15, -0.1) is 0 Å². The van der Waals surface area contributed by atoms with E-state index in [9.17, 15) is 14.0 Å². The zero-order chi connectivity index (χ0) is 18.2. The topological polar surface area (TPSA) is 75.6 Å². The number of anilines is 1. The van der Waals surface area contributed by atoms with E-state index < -0.39 is 17.7 Å². The molecule has 132 valence electrons. The van der Waals surface area contributed by atoms with E-state index in [-0.39, 0.29) is 12.0 Å². The number of carboxylic acids is 1. The Labute approximate surface area is 145 Å². The average Bonchev–Trinajstić information content (AvgIpc) is 2.59. The van der Waals surface area contributed by atoms with E-state index >= 15 is 0 Å². The molecule has 0 heterocycles. The Morgan fingerprint density at radius 1 is 1.20 bits per heavy atom. The van der Waals surface area contributed by atoms with Crippen LogP contribution in [0.4, 0.5) is 10.1 Å². The normalized spacial score (nSPS) is 10.3. The largest absolute Gasteiger partial charge is 0.491 e. The number of carbonyl (C=O) groups excluding carboxylic acids is 1. The molecule has 0 spiro atoms. The molecule has 0 saturated heterocycles. The zero-order valence-corrected chi connectivity index (χ0v) is 13.9. The summed E-state index contributed by atoms with van der Waals surface area (Å²) in [7, 11) is 0. The van der Waals surface area contributed by atoms with Crippen LogP contribution in [0.3, 0.4) is 0 Å². The first kappa shape index (κ1) is 18.4.